The average Bonchev–Trinajstić information content (AvgIpc) is 2.14. The van der Waals surface area contributed by atoms with Gasteiger partial charge in [0.25, 0.3) is 0 Å². The van der Waals surface area contributed by atoms with Gasteiger partial charge in [-0.05, 0) is 40.0 Å². The molecule has 17 heavy (non-hydrogen) atoms. The Hall–Kier alpha value is -0.750. The van der Waals surface area contributed by atoms with E-state index in [9.17, 15) is 13.2 Å². The predicted octanol–water partition coefficient (Wildman–Crippen LogP) is 3.28. The Labute approximate surface area is 106 Å². The maximum Gasteiger partial charge on any atom is 0.390 e. The van der Waals surface area contributed by atoms with Gasteiger partial charge in [0.15, 0.2) is 0 Å². The highest BCUT2D eigenvalue weighted by atomic mass is 79.9. The zero-order valence-electron chi connectivity index (χ0n) is 9.22. The van der Waals surface area contributed by atoms with Crippen LogP contribution >= 0.6 is 15.9 Å². The summed E-state index contributed by atoms with van der Waals surface area (Å²) < 4.78 is 42.0. The number of rotatable bonds is 4. The van der Waals surface area contributed by atoms with E-state index in [1.54, 1.807) is 18.2 Å². The second kappa shape index (κ2) is 5.73. The van der Waals surface area contributed by atoms with Crippen LogP contribution in [-0.2, 0) is 6.42 Å². The van der Waals surface area contributed by atoms with Gasteiger partial charge in [0.2, 0.25) is 0 Å². The molecule has 0 bridgehead atoms. The number of ether oxygens (including phenoxy) is 1. The van der Waals surface area contributed by atoms with Crippen LogP contribution in [0, 0.1) is 0 Å². The number of methoxy groups -OCH3 is 1. The van der Waals surface area contributed by atoms with Gasteiger partial charge in [-0.2, -0.15) is 13.2 Å². The number of benzene rings is 1. The van der Waals surface area contributed by atoms with Gasteiger partial charge in [-0.3, -0.25) is 0 Å². The summed E-state index contributed by atoms with van der Waals surface area (Å²) in [6, 6.07) is 4.20. The number of hydrogen-bond acceptors (Lipinski definition) is 2. The van der Waals surface area contributed by atoms with E-state index in [4.69, 9.17) is 10.5 Å². The van der Waals surface area contributed by atoms with Gasteiger partial charge in [0, 0.05) is 6.04 Å². The van der Waals surface area contributed by atoms with Crippen LogP contribution in [0.5, 0.6) is 5.75 Å². The van der Waals surface area contributed by atoms with Crippen molar-refractivity contribution in [2.24, 2.45) is 5.73 Å². The van der Waals surface area contributed by atoms with Crippen molar-refractivity contribution in [1.29, 1.82) is 0 Å². The van der Waals surface area contributed by atoms with Gasteiger partial charge in [-0.15, -0.1) is 0 Å². The van der Waals surface area contributed by atoms with Crippen molar-refractivity contribution in [3.05, 3.63) is 28.2 Å². The van der Waals surface area contributed by atoms with Crippen LogP contribution in [-0.4, -0.2) is 19.3 Å². The third-order valence-electron chi connectivity index (χ3n) is 2.21. The Balaban J connectivity index is 2.66. The Kier molecular flexibility index (Phi) is 4.82. The van der Waals surface area contributed by atoms with Crippen LogP contribution in [0.25, 0.3) is 0 Å². The molecule has 0 heterocycles. The molecule has 96 valence electrons. The van der Waals surface area contributed by atoms with Crippen molar-refractivity contribution in [1.82, 2.24) is 0 Å². The molecule has 1 atom stereocenters. The molecule has 1 rings (SSSR count). The fourth-order valence-corrected chi connectivity index (χ4v) is 2.10. The Morgan fingerprint density at radius 1 is 1.41 bits per heavy atom. The van der Waals surface area contributed by atoms with Gasteiger partial charge in [-0.25, -0.2) is 0 Å². The molecule has 0 amide bonds. The zero-order valence-corrected chi connectivity index (χ0v) is 10.8. The molecule has 0 aliphatic heterocycles. The predicted molar refractivity (Wildman–Crippen MR) is 63.0 cm³/mol. The van der Waals surface area contributed by atoms with E-state index in [1.165, 1.54) is 7.11 Å². The zero-order chi connectivity index (χ0) is 13.1. The minimum absolute atomic E-state index is 0.183. The molecule has 6 heteroatoms. The average molecular weight is 312 g/mol. The number of alkyl halides is 3. The van der Waals surface area contributed by atoms with Gasteiger partial charge in [0.1, 0.15) is 5.75 Å². The van der Waals surface area contributed by atoms with E-state index >= 15 is 0 Å². The molecule has 2 nitrogen and oxygen atoms in total. The third kappa shape index (κ3) is 4.95. The molecule has 0 spiro atoms. The summed E-state index contributed by atoms with van der Waals surface area (Å²) in [4.78, 5) is 0. The normalized spacial score (nSPS) is 13.5. The van der Waals surface area contributed by atoms with Crippen LogP contribution in [0.1, 0.15) is 12.0 Å². The molecule has 1 aromatic carbocycles. The summed E-state index contributed by atoms with van der Waals surface area (Å²) >= 11 is 3.27. The molecule has 0 aliphatic rings. The van der Waals surface area contributed by atoms with Gasteiger partial charge in [-0.1, -0.05) is 6.07 Å². The van der Waals surface area contributed by atoms with Crippen molar-refractivity contribution in [3.8, 4) is 5.75 Å². The quantitative estimate of drug-likeness (QED) is 0.926. The molecule has 1 aromatic rings. The van der Waals surface area contributed by atoms with E-state index in [-0.39, 0.29) is 6.42 Å². The van der Waals surface area contributed by atoms with Crippen LogP contribution in [0.2, 0.25) is 0 Å². The standard InChI is InChI=1S/C11H13BrF3NO/c1-17-10-3-2-7(5-9(10)12)4-8(16)6-11(13,14)15/h2-3,5,8H,4,6,16H2,1H3. The van der Waals surface area contributed by atoms with E-state index in [1.807, 2.05) is 0 Å². The van der Waals surface area contributed by atoms with Crippen LogP contribution in [0.4, 0.5) is 13.2 Å². The molecular formula is C11H13BrF3NO. The first-order valence-electron chi connectivity index (χ1n) is 4.96. The van der Waals surface area contributed by atoms with Crippen LogP contribution < -0.4 is 10.5 Å². The topological polar surface area (TPSA) is 35.2 Å². The van der Waals surface area contributed by atoms with Crippen molar-refractivity contribution >= 4 is 15.9 Å². The van der Waals surface area contributed by atoms with E-state index in [0.29, 0.717) is 10.2 Å². The lowest BCUT2D eigenvalue weighted by molar-refractivity contribution is -0.138. The molecular weight excluding hydrogens is 299 g/mol. The molecule has 0 saturated carbocycles. The number of hydrogen-bond donors (Lipinski definition) is 1. The molecule has 1 unspecified atom stereocenters. The van der Waals surface area contributed by atoms with Crippen molar-refractivity contribution in [3.63, 3.8) is 0 Å². The molecule has 2 N–H and O–H groups in total. The van der Waals surface area contributed by atoms with Crippen molar-refractivity contribution in [2.75, 3.05) is 7.11 Å². The van der Waals surface area contributed by atoms with Crippen LogP contribution in [0.15, 0.2) is 22.7 Å². The molecule has 0 aromatic heterocycles. The van der Waals surface area contributed by atoms with Gasteiger partial charge >= 0.3 is 6.18 Å². The highest BCUT2D eigenvalue weighted by Crippen LogP contribution is 2.27. The lowest BCUT2D eigenvalue weighted by Gasteiger charge is -2.14. The first-order chi connectivity index (χ1) is 7.81. The van der Waals surface area contributed by atoms with E-state index < -0.39 is 18.6 Å². The summed E-state index contributed by atoms with van der Waals surface area (Å²) in [5, 5.41) is 0. The van der Waals surface area contributed by atoms with Crippen molar-refractivity contribution in [2.45, 2.75) is 25.1 Å². The second-order valence-corrected chi connectivity index (χ2v) is 4.61. The molecule has 0 saturated heterocycles. The smallest absolute Gasteiger partial charge is 0.390 e. The third-order valence-corrected chi connectivity index (χ3v) is 2.83. The monoisotopic (exact) mass is 311 g/mol. The lowest BCUT2D eigenvalue weighted by atomic mass is 10.0. The second-order valence-electron chi connectivity index (χ2n) is 3.75. The minimum atomic E-state index is -4.22. The first kappa shape index (κ1) is 14.3. The fourth-order valence-electron chi connectivity index (χ4n) is 1.51. The Morgan fingerprint density at radius 3 is 2.53 bits per heavy atom. The lowest BCUT2D eigenvalue weighted by Crippen LogP contribution is -2.29. The Morgan fingerprint density at radius 2 is 2.06 bits per heavy atom. The van der Waals surface area contributed by atoms with E-state index in [0.717, 1.165) is 5.56 Å². The van der Waals surface area contributed by atoms with Gasteiger partial charge in [0.05, 0.1) is 18.0 Å². The maximum absolute atomic E-state index is 12.1. The summed E-state index contributed by atoms with van der Waals surface area (Å²) in [5.74, 6) is 0.637. The highest BCUT2D eigenvalue weighted by molar-refractivity contribution is 9.10. The summed E-state index contributed by atoms with van der Waals surface area (Å²) in [6.45, 7) is 0. The summed E-state index contributed by atoms with van der Waals surface area (Å²) in [6.07, 6.45) is -5.01. The number of halogens is 4. The minimum Gasteiger partial charge on any atom is -0.496 e. The number of nitrogens with two attached hydrogens (primary N) is 1. The fraction of sp³-hybridized carbons (Fsp3) is 0.455. The summed E-state index contributed by atoms with van der Waals surface area (Å²) in [7, 11) is 1.52. The largest absolute Gasteiger partial charge is 0.496 e. The Bertz CT molecular complexity index is 381. The summed E-state index contributed by atoms with van der Waals surface area (Å²) in [5.41, 5.74) is 6.19. The maximum atomic E-state index is 12.1. The highest BCUT2D eigenvalue weighted by Gasteiger charge is 2.30. The first-order valence-corrected chi connectivity index (χ1v) is 5.76. The van der Waals surface area contributed by atoms with Crippen molar-refractivity contribution < 1.29 is 17.9 Å². The SMILES string of the molecule is COc1ccc(CC(N)CC(F)(F)F)cc1Br. The molecule has 0 radical (unpaired) electrons. The molecule has 0 aliphatic carbocycles. The molecule has 0 fully saturated rings. The van der Waals surface area contributed by atoms with Crippen LogP contribution in [0.3, 0.4) is 0 Å². The van der Waals surface area contributed by atoms with Gasteiger partial charge < -0.3 is 10.5 Å². The van der Waals surface area contributed by atoms with E-state index in [2.05, 4.69) is 15.9 Å².